The second kappa shape index (κ2) is 6.57. The fraction of sp³-hybridized carbons (Fsp3) is 0.500. The van der Waals surface area contributed by atoms with E-state index in [9.17, 15) is 4.79 Å². The van der Waals surface area contributed by atoms with Crippen molar-refractivity contribution in [1.82, 2.24) is 20.1 Å². The van der Waals surface area contributed by atoms with E-state index in [4.69, 9.17) is 9.47 Å². The summed E-state index contributed by atoms with van der Waals surface area (Å²) in [7, 11) is 1.69. The van der Waals surface area contributed by atoms with Crippen LogP contribution in [0.2, 0.25) is 0 Å². The van der Waals surface area contributed by atoms with Crippen LogP contribution >= 0.6 is 0 Å². The number of nitrogens with one attached hydrogen (secondary N) is 1. The molecule has 132 valence electrons. The summed E-state index contributed by atoms with van der Waals surface area (Å²) in [6.45, 7) is 1.99. The van der Waals surface area contributed by atoms with Crippen LogP contribution in [0, 0.1) is 0 Å². The van der Waals surface area contributed by atoms with Crippen molar-refractivity contribution < 1.29 is 14.3 Å². The summed E-state index contributed by atoms with van der Waals surface area (Å²) in [4.78, 5) is 18.8. The minimum Gasteiger partial charge on any atom is -0.377 e. The Morgan fingerprint density at radius 2 is 2.40 bits per heavy atom. The molecule has 4 rings (SSSR count). The molecule has 0 bridgehead atoms. The number of methoxy groups -OCH3 is 1. The van der Waals surface area contributed by atoms with E-state index < -0.39 is 0 Å². The van der Waals surface area contributed by atoms with E-state index in [1.807, 2.05) is 17.0 Å². The van der Waals surface area contributed by atoms with Gasteiger partial charge in [-0.05, 0) is 37.5 Å². The maximum Gasteiger partial charge on any atom is 0.271 e. The molecule has 0 saturated carbocycles. The number of likely N-dealkylation sites (tertiary alicyclic amines) is 1. The summed E-state index contributed by atoms with van der Waals surface area (Å²) in [5.74, 6) is -0.0578. The third kappa shape index (κ3) is 2.94. The minimum absolute atomic E-state index is 0.0578. The highest BCUT2D eigenvalue weighted by molar-refractivity contribution is 5.93. The third-order valence-electron chi connectivity index (χ3n) is 5.25. The highest BCUT2D eigenvalue weighted by Gasteiger charge is 2.47. The lowest BCUT2D eigenvalue weighted by molar-refractivity contribution is -0.136. The van der Waals surface area contributed by atoms with E-state index in [1.54, 1.807) is 25.6 Å². The van der Waals surface area contributed by atoms with Crippen LogP contribution in [0.15, 0.2) is 30.6 Å². The van der Waals surface area contributed by atoms with E-state index in [-0.39, 0.29) is 17.6 Å². The standard InChI is InChI=1S/C18H22N4O3/c1-24-16-12-22(8-6-18(16)5-3-9-25-18)17(23)15-10-14(20-21-15)13-4-2-7-19-11-13/h2,4,7,10-11,16H,3,5-6,8-9,12H2,1H3,(H,20,21)/t16-,18-/m0/s1. The van der Waals surface area contributed by atoms with Crippen LogP contribution < -0.4 is 0 Å². The van der Waals surface area contributed by atoms with Gasteiger partial charge < -0.3 is 14.4 Å². The summed E-state index contributed by atoms with van der Waals surface area (Å²) >= 11 is 0. The van der Waals surface area contributed by atoms with Gasteiger partial charge in [-0.25, -0.2) is 0 Å². The van der Waals surface area contributed by atoms with E-state index in [0.29, 0.717) is 24.5 Å². The predicted octanol–water partition coefficient (Wildman–Crippen LogP) is 1.88. The number of amides is 1. The van der Waals surface area contributed by atoms with Gasteiger partial charge in [-0.15, -0.1) is 0 Å². The van der Waals surface area contributed by atoms with Crippen LogP contribution in [-0.2, 0) is 9.47 Å². The Kier molecular flexibility index (Phi) is 4.27. The smallest absolute Gasteiger partial charge is 0.271 e. The lowest BCUT2D eigenvalue weighted by Crippen LogP contribution is -2.57. The normalized spacial score (nSPS) is 26.3. The second-order valence-corrected chi connectivity index (χ2v) is 6.65. The number of piperidine rings is 1. The molecule has 4 heterocycles. The number of hydrogen-bond acceptors (Lipinski definition) is 5. The largest absolute Gasteiger partial charge is 0.377 e. The summed E-state index contributed by atoms with van der Waals surface area (Å²) in [5, 5.41) is 7.10. The maximum atomic E-state index is 12.9. The summed E-state index contributed by atoms with van der Waals surface area (Å²) in [5.41, 5.74) is 1.86. The summed E-state index contributed by atoms with van der Waals surface area (Å²) in [6.07, 6.45) is 6.22. The van der Waals surface area contributed by atoms with E-state index in [1.165, 1.54) is 0 Å². The molecule has 2 aliphatic heterocycles. The maximum absolute atomic E-state index is 12.9. The fourth-order valence-electron chi connectivity index (χ4n) is 3.85. The highest BCUT2D eigenvalue weighted by atomic mass is 16.5. The van der Waals surface area contributed by atoms with Crippen LogP contribution in [0.5, 0.6) is 0 Å². The number of carbonyl (C=O) groups is 1. The average Bonchev–Trinajstić information content (AvgIpc) is 3.33. The highest BCUT2D eigenvalue weighted by Crippen LogP contribution is 2.37. The number of ether oxygens (including phenoxy) is 2. The van der Waals surface area contributed by atoms with Crippen molar-refractivity contribution in [2.75, 3.05) is 26.8 Å². The Morgan fingerprint density at radius 1 is 1.48 bits per heavy atom. The molecule has 2 aromatic rings. The van der Waals surface area contributed by atoms with E-state index in [0.717, 1.165) is 31.4 Å². The second-order valence-electron chi connectivity index (χ2n) is 6.65. The average molecular weight is 342 g/mol. The number of rotatable bonds is 3. The summed E-state index contributed by atoms with van der Waals surface area (Å²) < 4.78 is 11.7. The molecule has 2 atom stereocenters. The Labute approximate surface area is 146 Å². The molecule has 2 aliphatic rings. The van der Waals surface area contributed by atoms with Crippen molar-refractivity contribution >= 4 is 5.91 Å². The zero-order valence-electron chi connectivity index (χ0n) is 14.3. The number of aromatic nitrogens is 3. The van der Waals surface area contributed by atoms with Crippen molar-refractivity contribution in [1.29, 1.82) is 0 Å². The topological polar surface area (TPSA) is 80.3 Å². The Bertz CT molecular complexity index is 740. The van der Waals surface area contributed by atoms with Crippen molar-refractivity contribution in [3.63, 3.8) is 0 Å². The van der Waals surface area contributed by atoms with Gasteiger partial charge in [0.25, 0.3) is 5.91 Å². The quantitative estimate of drug-likeness (QED) is 0.921. The van der Waals surface area contributed by atoms with Gasteiger partial charge in [0.05, 0.1) is 17.8 Å². The number of nitrogens with zero attached hydrogens (tertiary/aromatic N) is 3. The van der Waals surface area contributed by atoms with Crippen LogP contribution in [-0.4, -0.2) is 64.5 Å². The zero-order chi connectivity index (χ0) is 17.3. The van der Waals surface area contributed by atoms with Crippen molar-refractivity contribution in [3.05, 3.63) is 36.3 Å². The Balaban J connectivity index is 1.49. The number of carbonyl (C=O) groups excluding carboxylic acids is 1. The molecule has 2 fully saturated rings. The van der Waals surface area contributed by atoms with Crippen LogP contribution in [0.3, 0.4) is 0 Å². The molecule has 0 aromatic carbocycles. The first-order valence-electron chi connectivity index (χ1n) is 8.64. The predicted molar refractivity (Wildman–Crippen MR) is 91.1 cm³/mol. The van der Waals surface area contributed by atoms with Gasteiger partial charge in [-0.3, -0.25) is 14.9 Å². The van der Waals surface area contributed by atoms with Gasteiger partial charge in [0, 0.05) is 38.2 Å². The van der Waals surface area contributed by atoms with Gasteiger partial charge in [0.15, 0.2) is 0 Å². The van der Waals surface area contributed by atoms with Crippen LogP contribution in [0.25, 0.3) is 11.3 Å². The van der Waals surface area contributed by atoms with Gasteiger partial charge >= 0.3 is 0 Å². The first-order chi connectivity index (χ1) is 12.2. The SMILES string of the molecule is CO[C@H]1CN(C(=O)c2cc(-c3cccnc3)n[nH]2)CC[C@@]12CCCO2. The molecule has 0 aliphatic carbocycles. The van der Waals surface area contributed by atoms with Gasteiger partial charge in [-0.2, -0.15) is 5.10 Å². The zero-order valence-corrected chi connectivity index (χ0v) is 14.3. The van der Waals surface area contributed by atoms with Crippen molar-refractivity contribution in [2.24, 2.45) is 0 Å². The monoisotopic (exact) mass is 342 g/mol. The molecule has 1 amide bonds. The van der Waals surface area contributed by atoms with Gasteiger partial charge in [0.2, 0.25) is 0 Å². The fourth-order valence-corrected chi connectivity index (χ4v) is 3.85. The third-order valence-corrected chi connectivity index (χ3v) is 5.25. The molecule has 1 spiro atoms. The molecule has 1 N–H and O–H groups in total. The molecular weight excluding hydrogens is 320 g/mol. The molecule has 25 heavy (non-hydrogen) atoms. The number of pyridine rings is 1. The lowest BCUT2D eigenvalue weighted by Gasteiger charge is -2.44. The van der Waals surface area contributed by atoms with Crippen molar-refractivity contribution in [3.8, 4) is 11.3 Å². The van der Waals surface area contributed by atoms with Crippen LogP contribution in [0.4, 0.5) is 0 Å². The Morgan fingerprint density at radius 3 is 3.12 bits per heavy atom. The van der Waals surface area contributed by atoms with Gasteiger partial charge in [0.1, 0.15) is 11.8 Å². The van der Waals surface area contributed by atoms with Gasteiger partial charge in [-0.1, -0.05) is 0 Å². The van der Waals surface area contributed by atoms with Crippen molar-refractivity contribution in [2.45, 2.75) is 31.0 Å². The first kappa shape index (κ1) is 16.2. The number of hydrogen-bond donors (Lipinski definition) is 1. The molecular formula is C18H22N4O3. The molecule has 0 radical (unpaired) electrons. The molecule has 2 saturated heterocycles. The minimum atomic E-state index is -0.222. The first-order valence-corrected chi connectivity index (χ1v) is 8.64. The molecule has 7 nitrogen and oxygen atoms in total. The summed E-state index contributed by atoms with van der Waals surface area (Å²) in [6, 6.07) is 5.54. The molecule has 7 heteroatoms. The number of aromatic amines is 1. The molecule has 0 unspecified atom stereocenters. The molecule has 2 aromatic heterocycles. The van der Waals surface area contributed by atoms with E-state index >= 15 is 0 Å². The number of H-pyrrole nitrogens is 1. The Hall–Kier alpha value is -2.25. The van der Waals surface area contributed by atoms with E-state index in [2.05, 4.69) is 15.2 Å². The lowest BCUT2D eigenvalue weighted by atomic mass is 9.85. The van der Waals surface area contributed by atoms with Crippen LogP contribution in [0.1, 0.15) is 29.8 Å².